The Kier molecular flexibility index (Phi) is 11.6. The van der Waals surface area contributed by atoms with Gasteiger partial charge in [0.2, 0.25) is 17.7 Å². The summed E-state index contributed by atoms with van der Waals surface area (Å²) in [6, 6.07) is 5.01. The van der Waals surface area contributed by atoms with Crippen molar-refractivity contribution in [3.05, 3.63) is 29.3 Å². The lowest BCUT2D eigenvalue weighted by Crippen LogP contribution is -2.57. The highest BCUT2D eigenvalue weighted by atomic mass is 35.5. The predicted molar refractivity (Wildman–Crippen MR) is 186 cm³/mol. The minimum Gasteiger partial charge on any atom is -0.458 e. The van der Waals surface area contributed by atoms with E-state index in [1.165, 1.54) is 11.3 Å². The standard InChI is InChI=1S/C37H53ClN4O7/c1-5-10-28(31(45)33(46)39-25-15-16-25)49-35(48)27-19-37(20-30(44)41(21-37)26-14-9-13-24(38)18-26)22-42(27)34(47)32(36(2,3)4)40-29(43)17-23-11-7-6-8-12-23/h9,13-14,18,23,25,27-28,31-32,45H,5-8,10-12,15-17,19-22H2,1-4H3,(H,39,46)(H,40,43)/t27-,28-,31?,32?,37-/m0/s1. The monoisotopic (exact) mass is 700 g/mol. The highest BCUT2D eigenvalue weighted by molar-refractivity contribution is 6.31. The molecule has 4 fully saturated rings. The van der Waals surface area contributed by atoms with Gasteiger partial charge in [-0.2, -0.15) is 0 Å². The summed E-state index contributed by atoms with van der Waals surface area (Å²) in [6.45, 7) is 7.86. The average molecular weight is 701 g/mol. The van der Waals surface area contributed by atoms with Crippen LogP contribution < -0.4 is 15.5 Å². The molecular weight excluding hydrogens is 648 g/mol. The molecular formula is C37H53ClN4O7. The van der Waals surface area contributed by atoms with Gasteiger partial charge in [0, 0.05) is 48.1 Å². The predicted octanol–water partition coefficient (Wildman–Crippen LogP) is 4.52. The fourth-order valence-electron chi connectivity index (χ4n) is 7.68. The van der Waals surface area contributed by atoms with E-state index in [1.807, 2.05) is 27.7 Å². The van der Waals surface area contributed by atoms with E-state index in [9.17, 15) is 29.1 Å². The molecule has 49 heavy (non-hydrogen) atoms. The second-order valence-corrected chi connectivity index (χ2v) is 16.3. The lowest BCUT2D eigenvalue weighted by atomic mass is 9.84. The second-order valence-electron chi connectivity index (χ2n) is 15.9. The van der Waals surface area contributed by atoms with E-state index in [2.05, 4.69) is 10.6 Å². The van der Waals surface area contributed by atoms with Crippen molar-refractivity contribution < 1.29 is 33.8 Å². The number of likely N-dealkylation sites (tertiary alicyclic amines) is 1. The summed E-state index contributed by atoms with van der Waals surface area (Å²) in [5, 5.41) is 17.2. The lowest BCUT2D eigenvalue weighted by molar-refractivity contribution is -0.166. The van der Waals surface area contributed by atoms with E-state index in [-0.39, 0.29) is 56.1 Å². The number of amides is 4. The van der Waals surface area contributed by atoms with Crippen LogP contribution in [0.4, 0.5) is 5.69 Å². The Bertz CT molecular complexity index is 1410. The zero-order valence-electron chi connectivity index (χ0n) is 29.3. The number of ether oxygens (including phenoxy) is 1. The fraction of sp³-hybridized carbons (Fsp3) is 0.703. The molecule has 2 heterocycles. The smallest absolute Gasteiger partial charge is 0.329 e. The summed E-state index contributed by atoms with van der Waals surface area (Å²) >= 11 is 6.25. The highest BCUT2D eigenvalue weighted by Gasteiger charge is 2.56. The molecule has 2 aliphatic carbocycles. The maximum absolute atomic E-state index is 14.6. The number of nitrogens with one attached hydrogen (secondary N) is 2. The average Bonchev–Trinajstić information content (AvgIpc) is 3.70. The number of carbonyl (C=O) groups excluding carboxylic acids is 5. The number of hydrogen-bond acceptors (Lipinski definition) is 7. The molecule has 4 aliphatic rings. The van der Waals surface area contributed by atoms with Crippen LogP contribution in [0.5, 0.6) is 0 Å². The van der Waals surface area contributed by atoms with Gasteiger partial charge in [-0.1, -0.05) is 71.0 Å². The van der Waals surface area contributed by atoms with E-state index in [0.29, 0.717) is 23.6 Å². The first kappa shape index (κ1) is 37.1. The molecule has 11 nitrogen and oxygen atoms in total. The summed E-state index contributed by atoms with van der Waals surface area (Å²) in [5.41, 5.74) is -0.826. The van der Waals surface area contributed by atoms with E-state index in [4.69, 9.17) is 16.3 Å². The number of carbonyl (C=O) groups is 5. The first-order valence-corrected chi connectivity index (χ1v) is 18.4. The van der Waals surface area contributed by atoms with Crippen LogP contribution in [-0.4, -0.2) is 83.0 Å². The molecule has 0 bridgehead atoms. The second kappa shape index (κ2) is 15.4. The first-order valence-electron chi connectivity index (χ1n) is 18.0. The zero-order chi connectivity index (χ0) is 35.5. The van der Waals surface area contributed by atoms with Gasteiger partial charge in [-0.15, -0.1) is 0 Å². The number of benzene rings is 1. The van der Waals surface area contributed by atoms with Crippen LogP contribution >= 0.6 is 11.6 Å². The van der Waals surface area contributed by atoms with Crippen LogP contribution in [0.2, 0.25) is 5.02 Å². The number of rotatable bonds is 12. The molecule has 2 unspecified atom stereocenters. The van der Waals surface area contributed by atoms with Crippen molar-refractivity contribution in [2.24, 2.45) is 16.7 Å². The van der Waals surface area contributed by atoms with Crippen molar-refractivity contribution >= 4 is 46.9 Å². The Morgan fingerprint density at radius 1 is 1.08 bits per heavy atom. The van der Waals surface area contributed by atoms with E-state index in [1.54, 1.807) is 29.2 Å². The molecule has 3 N–H and O–H groups in total. The zero-order valence-corrected chi connectivity index (χ0v) is 30.1. The van der Waals surface area contributed by atoms with E-state index >= 15 is 0 Å². The Labute approximate surface area is 294 Å². The molecule has 12 heteroatoms. The van der Waals surface area contributed by atoms with Crippen molar-refractivity contribution in [3.8, 4) is 0 Å². The van der Waals surface area contributed by atoms with Crippen LogP contribution in [0.3, 0.4) is 0 Å². The lowest BCUT2D eigenvalue weighted by Gasteiger charge is -2.36. The van der Waals surface area contributed by atoms with Crippen LogP contribution in [-0.2, 0) is 28.7 Å². The van der Waals surface area contributed by atoms with E-state index < -0.39 is 52.9 Å². The maximum atomic E-state index is 14.6. The molecule has 1 aromatic rings. The number of anilines is 1. The third-order valence-electron chi connectivity index (χ3n) is 10.5. The van der Waals surface area contributed by atoms with Gasteiger partial charge in [0.25, 0.3) is 5.91 Å². The van der Waals surface area contributed by atoms with Crippen LogP contribution in [0.25, 0.3) is 0 Å². The molecule has 1 spiro atoms. The summed E-state index contributed by atoms with van der Waals surface area (Å²) < 4.78 is 5.90. The Hall–Kier alpha value is -3.18. The minimum absolute atomic E-state index is 0.0212. The third-order valence-corrected chi connectivity index (χ3v) is 10.7. The van der Waals surface area contributed by atoms with Crippen LogP contribution in [0.1, 0.15) is 105 Å². The molecule has 4 amide bonds. The third kappa shape index (κ3) is 9.14. The van der Waals surface area contributed by atoms with Gasteiger partial charge < -0.3 is 30.3 Å². The highest BCUT2D eigenvalue weighted by Crippen LogP contribution is 2.46. The quantitative estimate of drug-likeness (QED) is 0.272. The molecule has 5 rings (SSSR count). The fourth-order valence-corrected chi connectivity index (χ4v) is 7.87. The molecule has 2 aliphatic heterocycles. The van der Waals surface area contributed by atoms with Crippen molar-refractivity contribution in [1.82, 2.24) is 15.5 Å². The number of aliphatic hydroxyl groups is 1. The Balaban J connectivity index is 1.40. The van der Waals surface area contributed by atoms with Crippen molar-refractivity contribution in [2.75, 3.05) is 18.0 Å². The Morgan fingerprint density at radius 3 is 2.43 bits per heavy atom. The normalized spacial score (nSPS) is 24.9. The van der Waals surface area contributed by atoms with Crippen molar-refractivity contribution in [1.29, 1.82) is 0 Å². The molecule has 1 aromatic carbocycles. The number of nitrogens with zero attached hydrogens (tertiary/aromatic N) is 2. The van der Waals surface area contributed by atoms with Gasteiger partial charge in [-0.05, 0) is 68.1 Å². The summed E-state index contributed by atoms with van der Waals surface area (Å²) in [7, 11) is 0. The largest absolute Gasteiger partial charge is 0.458 e. The number of halogens is 1. The number of esters is 1. The van der Waals surface area contributed by atoms with Crippen molar-refractivity contribution in [2.45, 2.75) is 135 Å². The molecule has 2 saturated heterocycles. The van der Waals surface area contributed by atoms with Gasteiger partial charge in [0.1, 0.15) is 18.2 Å². The number of aliphatic hydroxyl groups excluding tert-OH is 1. The van der Waals surface area contributed by atoms with Crippen molar-refractivity contribution in [3.63, 3.8) is 0 Å². The SMILES string of the molecule is CCC[C@H](OC(=O)[C@@H]1C[C@@]2(CC(=O)N(c3cccc(Cl)c3)C2)CN1C(=O)C(NC(=O)CC1CCCCC1)C(C)(C)C)C(O)C(=O)NC1CC1. The molecule has 5 atom stereocenters. The Morgan fingerprint density at radius 2 is 1.80 bits per heavy atom. The van der Waals surface area contributed by atoms with Gasteiger partial charge in [-0.25, -0.2) is 4.79 Å². The molecule has 2 saturated carbocycles. The van der Waals surface area contributed by atoms with Gasteiger partial charge in [-0.3, -0.25) is 19.2 Å². The summed E-state index contributed by atoms with van der Waals surface area (Å²) in [4.78, 5) is 71.4. The van der Waals surface area contributed by atoms with Gasteiger partial charge in [0.05, 0.1) is 0 Å². The maximum Gasteiger partial charge on any atom is 0.329 e. The van der Waals surface area contributed by atoms with Crippen LogP contribution in [0, 0.1) is 16.7 Å². The summed E-state index contributed by atoms with van der Waals surface area (Å²) in [5.74, 6) is -1.80. The topological polar surface area (TPSA) is 145 Å². The minimum atomic E-state index is -1.56. The molecule has 0 radical (unpaired) electrons. The van der Waals surface area contributed by atoms with Gasteiger partial charge >= 0.3 is 5.97 Å². The van der Waals surface area contributed by atoms with Crippen LogP contribution in [0.15, 0.2) is 24.3 Å². The molecule has 270 valence electrons. The number of hydrogen-bond donors (Lipinski definition) is 3. The van der Waals surface area contributed by atoms with Gasteiger partial charge in [0.15, 0.2) is 6.10 Å². The summed E-state index contributed by atoms with van der Waals surface area (Å²) in [6.07, 6.45) is 5.77. The first-order chi connectivity index (χ1) is 23.2. The van der Waals surface area contributed by atoms with E-state index in [0.717, 1.165) is 38.5 Å². The molecule has 0 aromatic heterocycles.